The second kappa shape index (κ2) is 11.5. The number of anilines is 1. The molecule has 0 N–H and O–H groups in total. The largest absolute Gasteiger partial charge is 0.488 e. The van der Waals surface area contributed by atoms with Crippen molar-refractivity contribution in [3.8, 4) is 22.9 Å². The van der Waals surface area contributed by atoms with Crippen molar-refractivity contribution in [3.05, 3.63) is 71.5 Å². The lowest BCUT2D eigenvalue weighted by Crippen LogP contribution is -2.28. The monoisotopic (exact) mass is 572 g/mol. The number of benzene rings is 1. The molecule has 6 nitrogen and oxygen atoms in total. The summed E-state index contributed by atoms with van der Waals surface area (Å²) in [6.45, 7) is 3.69. The Morgan fingerprint density at radius 1 is 0.976 bits per heavy atom. The van der Waals surface area contributed by atoms with Gasteiger partial charge in [-0.3, -0.25) is 0 Å². The van der Waals surface area contributed by atoms with Crippen LogP contribution in [-0.4, -0.2) is 40.6 Å². The van der Waals surface area contributed by atoms with Crippen LogP contribution in [0.25, 0.3) is 22.2 Å². The van der Waals surface area contributed by atoms with Crippen molar-refractivity contribution in [3.63, 3.8) is 0 Å². The Morgan fingerprint density at radius 2 is 1.76 bits per heavy atom. The molecule has 41 heavy (non-hydrogen) atoms. The summed E-state index contributed by atoms with van der Waals surface area (Å²) in [5, 5.41) is 0.515. The molecule has 11 heteroatoms. The third-order valence-corrected chi connectivity index (χ3v) is 6.92. The summed E-state index contributed by atoms with van der Waals surface area (Å²) < 4.78 is 82.1. The number of nitrogens with zero attached hydrogens (tertiary/aromatic N) is 4. The summed E-state index contributed by atoms with van der Waals surface area (Å²) >= 11 is 0. The van der Waals surface area contributed by atoms with Crippen molar-refractivity contribution < 1.29 is 31.4 Å². The van der Waals surface area contributed by atoms with E-state index in [9.17, 15) is 22.0 Å². The lowest BCUT2D eigenvalue weighted by Gasteiger charge is -2.26. The van der Waals surface area contributed by atoms with Gasteiger partial charge in [0, 0.05) is 43.8 Å². The summed E-state index contributed by atoms with van der Waals surface area (Å²) in [5.41, 5.74) is 0.784. The van der Waals surface area contributed by atoms with Gasteiger partial charge in [0.15, 0.2) is 0 Å². The molecule has 0 spiro atoms. The van der Waals surface area contributed by atoms with Crippen molar-refractivity contribution in [2.24, 2.45) is 0 Å². The Kier molecular flexibility index (Phi) is 7.97. The van der Waals surface area contributed by atoms with Crippen molar-refractivity contribution in [2.75, 3.05) is 24.6 Å². The normalized spacial score (nSPS) is 15.5. The van der Waals surface area contributed by atoms with E-state index < -0.39 is 24.2 Å². The van der Waals surface area contributed by atoms with E-state index in [-0.39, 0.29) is 43.9 Å². The number of pyridine rings is 3. The highest BCUT2D eigenvalue weighted by Crippen LogP contribution is 2.41. The molecule has 0 bridgehead atoms. The molecule has 3 aromatic heterocycles. The zero-order valence-electron chi connectivity index (χ0n) is 22.6. The first-order valence-corrected chi connectivity index (χ1v) is 13.4. The van der Waals surface area contributed by atoms with Gasteiger partial charge in [0.05, 0.1) is 17.8 Å². The number of rotatable bonds is 7. The molecule has 4 heterocycles. The number of hydrogen-bond donors (Lipinski definition) is 0. The van der Waals surface area contributed by atoms with E-state index in [1.54, 1.807) is 12.1 Å². The SMILES string of the molecule is CCOc1nccc2nc(-c3cc(C)c(C(F)(F)F)nc3N3CCCC(F)(F)CC3)cc(OCc3ccccc3)c12. The average Bonchev–Trinajstić information content (AvgIpc) is 3.11. The summed E-state index contributed by atoms with van der Waals surface area (Å²) in [6, 6.07) is 14.1. The minimum absolute atomic E-state index is 0.0411. The Balaban J connectivity index is 1.68. The molecule has 0 unspecified atom stereocenters. The standard InChI is InChI=1S/C30H29F5N4O2/c1-3-40-28-25-22(10-13-36-28)37-23(17-24(25)41-18-20-8-5-4-6-9-20)21-16-19(2)26(30(33,34)35)38-27(21)39-14-7-11-29(31,32)12-15-39/h4-6,8-10,13,16-17H,3,7,11-12,14-15,18H2,1-2H3. The summed E-state index contributed by atoms with van der Waals surface area (Å²) in [6.07, 6.45) is -3.90. The first kappa shape index (κ1) is 28.5. The number of alkyl halides is 5. The van der Waals surface area contributed by atoms with Crippen molar-refractivity contribution in [1.82, 2.24) is 15.0 Å². The van der Waals surface area contributed by atoms with Gasteiger partial charge in [0.25, 0.3) is 0 Å². The van der Waals surface area contributed by atoms with Crippen LogP contribution in [0.3, 0.4) is 0 Å². The quantitative estimate of drug-likeness (QED) is 0.212. The van der Waals surface area contributed by atoms with Crippen LogP contribution in [0.2, 0.25) is 0 Å². The van der Waals surface area contributed by atoms with Crippen LogP contribution in [0.4, 0.5) is 27.8 Å². The molecule has 0 aliphatic carbocycles. The first-order valence-electron chi connectivity index (χ1n) is 13.4. The predicted molar refractivity (Wildman–Crippen MR) is 145 cm³/mol. The molecular weight excluding hydrogens is 543 g/mol. The molecule has 1 aliphatic rings. The summed E-state index contributed by atoms with van der Waals surface area (Å²) in [7, 11) is 0. The van der Waals surface area contributed by atoms with Crippen molar-refractivity contribution in [1.29, 1.82) is 0 Å². The molecule has 216 valence electrons. The topological polar surface area (TPSA) is 60.4 Å². The molecule has 0 amide bonds. The van der Waals surface area contributed by atoms with Gasteiger partial charge >= 0.3 is 6.18 Å². The van der Waals surface area contributed by atoms with Crippen LogP contribution >= 0.6 is 0 Å². The Bertz CT molecular complexity index is 1530. The second-order valence-corrected chi connectivity index (χ2v) is 9.94. The molecule has 0 radical (unpaired) electrons. The maximum Gasteiger partial charge on any atom is 0.433 e. The molecule has 0 atom stereocenters. The van der Waals surface area contributed by atoms with E-state index >= 15 is 0 Å². The number of fused-ring (bicyclic) bond motifs is 1. The number of halogens is 5. The molecular formula is C30H29F5N4O2. The van der Waals surface area contributed by atoms with Gasteiger partial charge in [-0.1, -0.05) is 30.3 Å². The minimum atomic E-state index is -4.72. The van der Waals surface area contributed by atoms with Gasteiger partial charge in [-0.25, -0.2) is 23.7 Å². The lowest BCUT2D eigenvalue weighted by molar-refractivity contribution is -0.141. The first-order chi connectivity index (χ1) is 19.6. The second-order valence-electron chi connectivity index (χ2n) is 9.94. The van der Waals surface area contributed by atoms with E-state index in [1.807, 2.05) is 37.3 Å². The van der Waals surface area contributed by atoms with E-state index in [4.69, 9.17) is 14.5 Å². The molecule has 4 aromatic rings. The van der Waals surface area contributed by atoms with Gasteiger partial charge in [0.1, 0.15) is 29.3 Å². The fraction of sp³-hybridized carbons (Fsp3) is 0.367. The van der Waals surface area contributed by atoms with Gasteiger partial charge in [-0.15, -0.1) is 0 Å². The third kappa shape index (κ3) is 6.34. The van der Waals surface area contributed by atoms with Crippen LogP contribution in [0.5, 0.6) is 11.6 Å². The van der Waals surface area contributed by atoms with Crippen LogP contribution in [0.1, 0.15) is 43.0 Å². The Labute approximate surface area is 234 Å². The maximum absolute atomic E-state index is 14.2. The van der Waals surface area contributed by atoms with Gasteiger partial charge in [-0.2, -0.15) is 13.2 Å². The lowest BCUT2D eigenvalue weighted by atomic mass is 10.0. The van der Waals surface area contributed by atoms with Gasteiger partial charge in [0.2, 0.25) is 11.8 Å². The predicted octanol–water partition coefficient (Wildman–Crippen LogP) is 7.62. The van der Waals surface area contributed by atoms with Crippen LogP contribution in [-0.2, 0) is 12.8 Å². The van der Waals surface area contributed by atoms with Crippen LogP contribution < -0.4 is 14.4 Å². The van der Waals surface area contributed by atoms with Gasteiger partial charge in [-0.05, 0) is 43.5 Å². The fourth-order valence-electron chi connectivity index (χ4n) is 4.95. The number of ether oxygens (including phenoxy) is 2. The van der Waals surface area contributed by atoms with Gasteiger partial charge < -0.3 is 14.4 Å². The molecule has 1 aromatic carbocycles. The highest BCUT2D eigenvalue weighted by atomic mass is 19.4. The molecule has 1 aliphatic heterocycles. The highest BCUT2D eigenvalue weighted by molar-refractivity contribution is 5.93. The fourth-order valence-corrected chi connectivity index (χ4v) is 4.95. The highest BCUT2D eigenvalue weighted by Gasteiger charge is 2.38. The van der Waals surface area contributed by atoms with E-state index in [2.05, 4.69) is 9.97 Å². The molecule has 1 fully saturated rings. The van der Waals surface area contributed by atoms with Crippen LogP contribution in [0.15, 0.2) is 54.7 Å². The Hall–Kier alpha value is -4.02. The number of hydrogen-bond acceptors (Lipinski definition) is 6. The van der Waals surface area contributed by atoms with Crippen LogP contribution in [0, 0.1) is 6.92 Å². The summed E-state index contributed by atoms with van der Waals surface area (Å²) in [4.78, 5) is 14.6. The Morgan fingerprint density at radius 3 is 2.49 bits per heavy atom. The molecule has 5 rings (SSSR count). The van der Waals surface area contributed by atoms with E-state index in [0.29, 0.717) is 40.4 Å². The number of aryl methyl sites for hydroxylation is 1. The zero-order valence-corrected chi connectivity index (χ0v) is 22.6. The van der Waals surface area contributed by atoms with E-state index in [0.717, 1.165) is 5.56 Å². The van der Waals surface area contributed by atoms with E-state index in [1.165, 1.54) is 24.1 Å². The summed E-state index contributed by atoms with van der Waals surface area (Å²) in [5.74, 6) is -2.25. The third-order valence-electron chi connectivity index (χ3n) is 6.92. The van der Waals surface area contributed by atoms with Crippen molar-refractivity contribution in [2.45, 2.75) is 51.8 Å². The smallest absolute Gasteiger partial charge is 0.433 e. The average molecular weight is 573 g/mol. The maximum atomic E-state index is 14.2. The molecule has 1 saturated heterocycles. The zero-order chi connectivity index (χ0) is 29.2. The minimum Gasteiger partial charge on any atom is -0.488 e. The van der Waals surface area contributed by atoms with Crippen molar-refractivity contribution >= 4 is 16.7 Å². The molecule has 0 saturated carbocycles. The number of aromatic nitrogens is 3.